The van der Waals surface area contributed by atoms with Gasteiger partial charge in [0.25, 0.3) is 5.79 Å². The minimum Gasteiger partial charge on any atom is -0.491 e. The lowest BCUT2D eigenvalue weighted by molar-refractivity contribution is -0.166. The minimum absolute atomic E-state index is 0.162. The molecule has 4 rings (SSSR count). The van der Waals surface area contributed by atoms with Crippen LogP contribution < -0.4 is 18.9 Å². The van der Waals surface area contributed by atoms with Crippen LogP contribution in [0.3, 0.4) is 0 Å². The topological polar surface area (TPSA) is 72.5 Å². The Morgan fingerprint density at radius 1 is 0.800 bits per heavy atom. The summed E-state index contributed by atoms with van der Waals surface area (Å²) in [5.41, 5.74) is 1.91. The average molecular weight is 485 g/mol. The van der Waals surface area contributed by atoms with Gasteiger partial charge in [0.1, 0.15) is 42.8 Å². The first-order valence-corrected chi connectivity index (χ1v) is 12.1. The summed E-state index contributed by atoms with van der Waals surface area (Å²) in [7, 11) is 1.65. The van der Waals surface area contributed by atoms with Crippen LogP contribution in [-0.2, 0) is 25.1 Å². The number of methoxy groups -OCH3 is 1. The van der Waals surface area contributed by atoms with Crippen LogP contribution in [-0.4, -0.2) is 45.3 Å². The van der Waals surface area contributed by atoms with Crippen LogP contribution in [0.25, 0.3) is 0 Å². The Labute approximate surface area is 207 Å². The van der Waals surface area contributed by atoms with Crippen LogP contribution >= 0.6 is 0 Å². The molecule has 2 aromatic rings. The van der Waals surface area contributed by atoms with Gasteiger partial charge in [-0.3, -0.25) is 4.79 Å². The third-order valence-electron chi connectivity index (χ3n) is 6.59. The number of hydrogen-bond acceptors (Lipinski definition) is 7. The highest BCUT2D eigenvalue weighted by molar-refractivity contribution is 5.65. The molecule has 0 radical (unpaired) electrons. The second-order valence-corrected chi connectivity index (χ2v) is 10.6. The fourth-order valence-electron chi connectivity index (χ4n) is 5.23. The third-order valence-corrected chi connectivity index (χ3v) is 6.59. The highest BCUT2D eigenvalue weighted by Crippen LogP contribution is 2.54. The number of ether oxygens (including phenoxy) is 6. The van der Waals surface area contributed by atoms with E-state index >= 15 is 0 Å². The van der Waals surface area contributed by atoms with E-state index in [-0.39, 0.29) is 30.0 Å². The van der Waals surface area contributed by atoms with Gasteiger partial charge in [0, 0.05) is 61.0 Å². The highest BCUT2D eigenvalue weighted by Gasteiger charge is 2.53. The third kappa shape index (κ3) is 5.50. The first-order valence-electron chi connectivity index (χ1n) is 12.1. The molecule has 0 saturated heterocycles. The number of carbonyl (C=O) groups is 1. The maximum absolute atomic E-state index is 11.0. The second-order valence-electron chi connectivity index (χ2n) is 10.6. The summed E-state index contributed by atoms with van der Waals surface area (Å²) in [4.78, 5) is 11.0. The normalized spacial score (nSPS) is 21.2. The van der Waals surface area contributed by atoms with E-state index < -0.39 is 5.79 Å². The van der Waals surface area contributed by atoms with Crippen molar-refractivity contribution in [1.29, 1.82) is 0 Å². The molecule has 2 aliphatic rings. The number of esters is 1. The number of rotatable bonds is 8. The SMILES string of the molecule is COCCOc1ccc2c(c1)OC1(CC2(C)C)CC(C)(C)c2ccc(OCCOC(C)=O)cc2O1. The average Bonchev–Trinajstić information content (AvgIpc) is 2.75. The predicted molar refractivity (Wildman–Crippen MR) is 132 cm³/mol. The maximum atomic E-state index is 11.0. The Balaban J connectivity index is 1.60. The van der Waals surface area contributed by atoms with Crippen molar-refractivity contribution < 1.29 is 33.2 Å². The Hall–Kier alpha value is -2.93. The van der Waals surface area contributed by atoms with Gasteiger partial charge >= 0.3 is 5.97 Å². The van der Waals surface area contributed by atoms with E-state index in [0.717, 1.165) is 28.4 Å². The molecule has 7 heteroatoms. The summed E-state index contributed by atoms with van der Waals surface area (Å²) >= 11 is 0. The van der Waals surface area contributed by atoms with E-state index in [0.29, 0.717) is 31.8 Å². The largest absolute Gasteiger partial charge is 0.491 e. The van der Waals surface area contributed by atoms with Gasteiger partial charge in [-0.25, -0.2) is 0 Å². The standard InChI is InChI=1S/C28H36O7/c1-19(29)31-13-14-33-21-8-10-23-25(16-21)35-28(18-27(23,4)5)17-26(2,3)22-9-7-20(15-24(22)34-28)32-12-11-30-6/h7-10,15-16H,11-14,17-18H2,1-6H3. The Bertz CT molecular complexity index is 1070. The molecule has 0 aromatic heterocycles. The molecule has 0 N–H and O–H groups in total. The van der Waals surface area contributed by atoms with E-state index in [1.165, 1.54) is 6.92 Å². The number of carbonyl (C=O) groups excluding carboxylic acids is 1. The lowest BCUT2D eigenvalue weighted by atomic mass is 9.69. The molecule has 0 fully saturated rings. The molecule has 2 aromatic carbocycles. The Morgan fingerprint density at radius 3 is 1.74 bits per heavy atom. The van der Waals surface area contributed by atoms with Crippen molar-refractivity contribution >= 4 is 5.97 Å². The van der Waals surface area contributed by atoms with Crippen LogP contribution in [0.5, 0.6) is 23.0 Å². The molecule has 1 unspecified atom stereocenters. The first-order chi connectivity index (χ1) is 16.5. The van der Waals surface area contributed by atoms with E-state index in [1.807, 2.05) is 30.3 Å². The zero-order valence-corrected chi connectivity index (χ0v) is 21.6. The molecular formula is C28H36O7. The summed E-state index contributed by atoms with van der Waals surface area (Å²) in [5.74, 6) is 1.78. The lowest BCUT2D eigenvalue weighted by Gasteiger charge is -2.51. The summed E-state index contributed by atoms with van der Waals surface area (Å²) in [5, 5.41) is 0. The van der Waals surface area contributed by atoms with Gasteiger partial charge < -0.3 is 28.4 Å². The smallest absolute Gasteiger partial charge is 0.302 e. The number of fused-ring (bicyclic) bond motifs is 2. The molecule has 1 spiro atoms. The van der Waals surface area contributed by atoms with Gasteiger partial charge in [0.05, 0.1) is 6.61 Å². The van der Waals surface area contributed by atoms with E-state index in [4.69, 9.17) is 28.4 Å². The van der Waals surface area contributed by atoms with Crippen molar-refractivity contribution in [1.82, 2.24) is 0 Å². The van der Waals surface area contributed by atoms with Gasteiger partial charge in [-0.1, -0.05) is 39.8 Å². The zero-order valence-electron chi connectivity index (χ0n) is 21.6. The summed E-state index contributed by atoms with van der Waals surface area (Å²) in [6.45, 7) is 11.7. The highest BCUT2D eigenvalue weighted by atomic mass is 16.7. The van der Waals surface area contributed by atoms with E-state index in [9.17, 15) is 4.79 Å². The predicted octanol–water partition coefficient (Wildman–Crippen LogP) is 5.17. The van der Waals surface area contributed by atoms with Gasteiger partial charge in [-0.05, 0) is 12.1 Å². The molecule has 0 bridgehead atoms. The van der Waals surface area contributed by atoms with Crippen molar-refractivity contribution in [2.45, 2.75) is 64.1 Å². The van der Waals surface area contributed by atoms with Crippen LogP contribution in [0.4, 0.5) is 0 Å². The van der Waals surface area contributed by atoms with Gasteiger partial charge in [-0.2, -0.15) is 0 Å². The molecule has 0 aliphatic carbocycles. The lowest BCUT2D eigenvalue weighted by Crippen LogP contribution is -2.55. The van der Waals surface area contributed by atoms with Gasteiger partial charge in [0.15, 0.2) is 0 Å². The first kappa shape index (κ1) is 25.2. The van der Waals surface area contributed by atoms with Gasteiger partial charge in [0.2, 0.25) is 0 Å². The summed E-state index contributed by atoms with van der Waals surface area (Å²) < 4.78 is 35.0. The molecule has 7 nitrogen and oxygen atoms in total. The van der Waals surface area contributed by atoms with Crippen LogP contribution in [0, 0.1) is 0 Å². The molecule has 35 heavy (non-hydrogen) atoms. The van der Waals surface area contributed by atoms with Crippen molar-refractivity contribution in [3.63, 3.8) is 0 Å². The number of benzene rings is 2. The van der Waals surface area contributed by atoms with Crippen molar-refractivity contribution in [2.24, 2.45) is 0 Å². The molecule has 1 atom stereocenters. The molecule has 2 aliphatic heterocycles. The quantitative estimate of drug-likeness (QED) is 0.378. The van der Waals surface area contributed by atoms with Crippen molar-refractivity contribution in [3.8, 4) is 23.0 Å². The molecular weight excluding hydrogens is 448 g/mol. The molecule has 2 heterocycles. The second kappa shape index (κ2) is 9.61. The summed E-state index contributed by atoms with van der Waals surface area (Å²) in [6.07, 6.45) is 1.41. The Morgan fingerprint density at radius 2 is 1.29 bits per heavy atom. The van der Waals surface area contributed by atoms with Crippen molar-refractivity contribution in [2.75, 3.05) is 33.5 Å². The minimum atomic E-state index is -0.825. The Kier molecular flexibility index (Phi) is 6.91. The number of hydrogen-bond donors (Lipinski definition) is 0. The summed E-state index contributed by atoms with van der Waals surface area (Å²) in [6, 6.07) is 11.9. The van der Waals surface area contributed by atoms with Crippen molar-refractivity contribution in [3.05, 3.63) is 47.5 Å². The van der Waals surface area contributed by atoms with Crippen LogP contribution in [0.2, 0.25) is 0 Å². The molecule has 190 valence electrons. The van der Waals surface area contributed by atoms with Crippen LogP contribution in [0.1, 0.15) is 58.6 Å². The van der Waals surface area contributed by atoms with E-state index in [2.05, 4.69) is 33.8 Å². The molecule has 0 amide bonds. The maximum Gasteiger partial charge on any atom is 0.302 e. The van der Waals surface area contributed by atoms with E-state index in [1.54, 1.807) is 7.11 Å². The monoisotopic (exact) mass is 484 g/mol. The fraction of sp³-hybridized carbons (Fsp3) is 0.536. The van der Waals surface area contributed by atoms with Crippen LogP contribution in [0.15, 0.2) is 36.4 Å². The zero-order chi connectivity index (χ0) is 25.3. The molecule has 0 saturated carbocycles. The fourth-order valence-corrected chi connectivity index (χ4v) is 5.23. The van der Waals surface area contributed by atoms with Gasteiger partial charge in [-0.15, -0.1) is 0 Å².